The van der Waals surface area contributed by atoms with Gasteiger partial charge in [-0.15, -0.1) is 0 Å². The molecule has 330 valence electrons. The molecule has 0 fully saturated rings. The third-order valence-electron chi connectivity index (χ3n) is 9.93. The van der Waals surface area contributed by atoms with Gasteiger partial charge in [-0.2, -0.15) is 0 Å². The number of nitrogens with zero attached hydrogens (tertiary/aromatic N) is 3. The van der Waals surface area contributed by atoms with E-state index in [1.807, 2.05) is 194 Å². The average Bonchev–Trinajstić information content (AvgIpc) is 3.37. The summed E-state index contributed by atoms with van der Waals surface area (Å²) in [6, 6.07) is 70.2. The Hall–Kier alpha value is -8.67. The largest absolute Gasteiger partial charge is 0.382 e. The van der Waals surface area contributed by atoms with Crippen molar-refractivity contribution >= 4 is 12.4 Å². The number of aldehydes is 1. The van der Waals surface area contributed by atoms with Gasteiger partial charge in [0.25, 0.3) is 0 Å². The number of benzene rings is 8. The molecule has 8 aromatic carbocycles. The molecule has 0 aliphatic carbocycles. The molecular weight excluding hydrogens is 831 g/mol. The quantitative estimate of drug-likeness (QED) is 0.0678. The van der Waals surface area contributed by atoms with Gasteiger partial charge in [-0.25, -0.2) is 0 Å². The van der Waals surface area contributed by atoms with Crippen LogP contribution >= 0.6 is 0 Å². The predicted molar refractivity (Wildman–Crippen MR) is 261 cm³/mol. The molecule has 0 aliphatic heterocycles. The van der Waals surface area contributed by atoms with Crippen molar-refractivity contribution in [2.24, 2.45) is 0 Å². The van der Waals surface area contributed by atoms with Crippen LogP contribution in [0.3, 0.4) is 0 Å². The zero-order chi connectivity index (χ0) is 46.9. The Labute approximate surface area is 383 Å². The molecule has 0 heterocycles. The van der Waals surface area contributed by atoms with E-state index >= 15 is 0 Å². The number of hydrogen-bond donors (Lipinski definition) is 1. The smallest absolute Gasteiger partial charge is 0.235 e. The SMILES string of the molecule is O=Cc1ccc(-c2ccccc2)cc1.O=[N+]([O-])/C=C/c1ccc(-c2ccccc2)cc1.O=[N+]([O-])CC(O)c1ccc(-c2ccccc2)cc1.O=[N+]([O-])CCc1ccc(-c2ccccc2)cc1. The second kappa shape index (κ2) is 26.1. The first kappa shape index (κ1) is 48.4. The van der Waals surface area contributed by atoms with Crippen LogP contribution in [-0.2, 0) is 6.42 Å². The molecule has 1 N–H and O–H groups in total. The average molecular weight is 878 g/mol. The van der Waals surface area contributed by atoms with Gasteiger partial charge < -0.3 is 5.11 Å². The topological polar surface area (TPSA) is 167 Å². The highest BCUT2D eigenvalue weighted by atomic mass is 16.6. The molecule has 11 nitrogen and oxygen atoms in total. The molecule has 8 aromatic rings. The van der Waals surface area contributed by atoms with Gasteiger partial charge >= 0.3 is 0 Å². The third kappa shape index (κ3) is 16.6. The van der Waals surface area contributed by atoms with Crippen LogP contribution < -0.4 is 0 Å². The second-order valence-electron chi connectivity index (χ2n) is 14.6. The van der Waals surface area contributed by atoms with E-state index in [4.69, 9.17) is 0 Å². The summed E-state index contributed by atoms with van der Waals surface area (Å²) in [5.41, 5.74) is 12.0. The van der Waals surface area contributed by atoms with Crippen LogP contribution in [0.5, 0.6) is 0 Å². The fourth-order valence-corrected chi connectivity index (χ4v) is 6.44. The Kier molecular flexibility index (Phi) is 19.1. The van der Waals surface area contributed by atoms with Gasteiger partial charge in [0.2, 0.25) is 19.3 Å². The fourth-order valence-electron chi connectivity index (χ4n) is 6.44. The van der Waals surface area contributed by atoms with Crippen molar-refractivity contribution in [1.29, 1.82) is 0 Å². The molecule has 0 bridgehead atoms. The standard InChI is InChI=1S/C14H13NO3.C14H13NO2.C14H11NO2.C13H10O/c16-14(10-15(17)18)13-8-6-12(7-9-13)11-4-2-1-3-5-11;2*16-15(17)11-10-12-6-8-14(9-7-12)13-4-2-1-3-5-13;14-10-11-6-8-13(9-7-11)12-4-2-1-3-5-12/h1-9,14,16H,10H2;1-9H,10-11H2;1-11H;1-10H/b;;11-10+;. The van der Waals surface area contributed by atoms with Gasteiger partial charge in [0, 0.05) is 27.9 Å². The van der Waals surface area contributed by atoms with Crippen molar-refractivity contribution in [1.82, 2.24) is 0 Å². The van der Waals surface area contributed by atoms with E-state index in [0.29, 0.717) is 17.5 Å². The van der Waals surface area contributed by atoms with Crippen molar-refractivity contribution in [3.8, 4) is 44.5 Å². The second-order valence-corrected chi connectivity index (χ2v) is 14.6. The van der Waals surface area contributed by atoms with Gasteiger partial charge in [-0.3, -0.25) is 35.1 Å². The molecule has 0 aliphatic rings. The number of carbonyl (C=O) groups excluding carboxylic acids is 1. The Morgan fingerprint density at radius 2 is 0.758 bits per heavy atom. The van der Waals surface area contributed by atoms with Crippen LogP contribution in [0.1, 0.15) is 33.2 Å². The number of carbonyl (C=O) groups is 1. The summed E-state index contributed by atoms with van der Waals surface area (Å²) in [5.74, 6) is 0. The van der Waals surface area contributed by atoms with Crippen LogP contribution in [-0.4, -0.2) is 39.3 Å². The van der Waals surface area contributed by atoms with E-state index < -0.39 is 22.5 Å². The van der Waals surface area contributed by atoms with Crippen LogP contribution in [0.4, 0.5) is 0 Å². The maximum absolute atomic E-state index is 10.5. The van der Waals surface area contributed by atoms with Gasteiger partial charge in [0.05, 0.1) is 4.92 Å². The highest BCUT2D eigenvalue weighted by molar-refractivity contribution is 5.77. The first-order chi connectivity index (χ1) is 32.1. The van der Waals surface area contributed by atoms with Gasteiger partial charge in [0.15, 0.2) is 0 Å². The molecule has 1 atom stereocenters. The Morgan fingerprint density at radius 3 is 1.09 bits per heavy atom. The summed E-state index contributed by atoms with van der Waals surface area (Å²) < 4.78 is 0. The predicted octanol–water partition coefficient (Wildman–Crippen LogP) is 12.6. The van der Waals surface area contributed by atoms with Crippen LogP contribution in [0, 0.1) is 30.3 Å². The van der Waals surface area contributed by atoms with Crippen molar-refractivity contribution in [3.05, 3.63) is 277 Å². The lowest BCUT2D eigenvalue weighted by Gasteiger charge is -2.07. The van der Waals surface area contributed by atoms with E-state index in [0.717, 1.165) is 62.6 Å². The van der Waals surface area contributed by atoms with E-state index in [1.165, 1.54) is 11.6 Å². The number of aliphatic hydroxyl groups is 1. The number of rotatable bonds is 13. The van der Waals surface area contributed by atoms with E-state index in [1.54, 1.807) is 12.1 Å². The van der Waals surface area contributed by atoms with Crippen molar-refractivity contribution in [3.63, 3.8) is 0 Å². The summed E-state index contributed by atoms with van der Waals surface area (Å²) in [7, 11) is 0. The molecule has 0 aromatic heterocycles. The highest BCUT2D eigenvalue weighted by Gasteiger charge is 2.13. The molecule has 11 heteroatoms. The summed E-state index contributed by atoms with van der Waals surface area (Å²) in [4.78, 5) is 39.9. The molecule has 0 saturated heterocycles. The number of hydrogen-bond acceptors (Lipinski definition) is 8. The van der Waals surface area contributed by atoms with Gasteiger partial charge in [0.1, 0.15) is 12.4 Å². The Morgan fingerprint density at radius 1 is 0.424 bits per heavy atom. The molecule has 66 heavy (non-hydrogen) atoms. The lowest BCUT2D eigenvalue weighted by atomic mass is 10.0. The molecule has 8 rings (SSSR count). The maximum Gasteiger partial charge on any atom is 0.235 e. The highest BCUT2D eigenvalue weighted by Crippen LogP contribution is 2.23. The molecule has 0 amide bonds. The minimum atomic E-state index is -1.05. The van der Waals surface area contributed by atoms with Gasteiger partial charge in [-0.1, -0.05) is 218 Å². The van der Waals surface area contributed by atoms with Crippen LogP contribution in [0.25, 0.3) is 50.6 Å². The molecule has 0 spiro atoms. The lowest BCUT2D eigenvalue weighted by Crippen LogP contribution is -2.11. The zero-order valence-corrected chi connectivity index (χ0v) is 35.9. The van der Waals surface area contributed by atoms with Crippen molar-refractivity contribution in [2.75, 3.05) is 13.1 Å². The summed E-state index contributed by atoms with van der Waals surface area (Å²) >= 11 is 0. The minimum absolute atomic E-state index is 0.00924. The maximum atomic E-state index is 10.5. The molecule has 1 unspecified atom stereocenters. The van der Waals surface area contributed by atoms with Crippen LogP contribution in [0.15, 0.2) is 225 Å². The van der Waals surface area contributed by atoms with Crippen LogP contribution in [0.2, 0.25) is 0 Å². The minimum Gasteiger partial charge on any atom is -0.382 e. The lowest BCUT2D eigenvalue weighted by molar-refractivity contribution is -0.491. The van der Waals surface area contributed by atoms with Gasteiger partial charge in [-0.05, 0) is 61.2 Å². The normalized spacial score (nSPS) is 10.7. The summed E-state index contributed by atoms with van der Waals surface area (Å²) in [6.07, 6.45) is 2.72. The first-order valence-electron chi connectivity index (χ1n) is 20.9. The fraction of sp³-hybridized carbons (Fsp3) is 0.0727. The van der Waals surface area contributed by atoms with Crippen molar-refractivity contribution < 1.29 is 24.7 Å². The molecule has 0 radical (unpaired) electrons. The van der Waals surface area contributed by atoms with Crippen molar-refractivity contribution in [2.45, 2.75) is 12.5 Å². The number of nitro groups is 3. The van der Waals surface area contributed by atoms with E-state index in [2.05, 4.69) is 12.1 Å². The Bertz CT molecular complexity index is 2740. The molecular formula is C55H47N3O8. The zero-order valence-electron chi connectivity index (χ0n) is 35.9. The first-order valence-corrected chi connectivity index (χ1v) is 20.9. The summed E-state index contributed by atoms with van der Waals surface area (Å²) in [5, 5.41) is 40.4. The monoisotopic (exact) mass is 877 g/mol. The summed E-state index contributed by atoms with van der Waals surface area (Å²) in [6.45, 7) is -0.477. The van der Waals surface area contributed by atoms with E-state index in [9.17, 15) is 40.2 Å². The number of aliphatic hydroxyl groups excluding tert-OH is 1. The molecule has 0 saturated carbocycles. The Balaban J connectivity index is 0.000000166. The van der Waals surface area contributed by atoms with E-state index in [-0.39, 0.29) is 11.5 Å². The third-order valence-corrected chi connectivity index (χ3v) is 9.93.